The van der Waals surface area contributed by atoms with Gasteiger partial charge in [0.25, 0.3) is 0 Å². The molecule has 88 valence electrons. The van der Waals surface area contributed by atoms with Gasteiger partial charge in [0.2, 0.25) is 5.91 Å². The van der Waals surface area contributed by atoms with E-state index in [2.05, 4.69) is 0 Å². The monoisotopic (exact) mass is 227 g/mol. The first-order chi connectivity index (χ1) is 7.59. The van der Waals surface area contributed by atoms with Crippen LogP contribution in [0.15, 0.2) is 11.9 Å². The van der Waals surface area contributed by atoms with Gasteiger partial charge in [0.05, 0.1) is 18.4 Å². The Morgan fingerprint density at radius 3 is 2.56 bits per heavy atom. The van der Waals surface area contributed by atoms with Gasteiger partial charge in [-0.05, 0) is 25.3 Å². The molecule has 1 N–H and O–H groups in total. The summed E-state index contributed by atoms with van der Waals surface area (Å²) in [6.07, 6.45) is 3.15. The van der Waals surface area contributed by atoms with Crippen molar-refractivity contribution in [3.8, 4) is 0 Å². The van der Waals surface area contributed by atoms with E-state index in [1.807, 2.05) is 0 Å². The van der Waals surface area contributed by atoms with Crippen LogP contribution in [0.1, 0.15) is 19.3 Å². The molecule has 1 amide bonds. The van der Waals surface area contributed by atoms with Crippen LogP contribution < -0.4 is 0 Å². The minimum absolute atomic E-state index is 0.00166. The normalized spacial score (nSPS) is 29.3. The number of amides is 1. The van der Waals surface area contributed by atoms with Crippen LogP contribution in [-0.2, 0) is 9.59 Å². The highest BCUT2D eigenvalue weighted by molar-refractivity contribution is 5.86. The van der Waals surface area contributed by atoms with Crippen LogP contribution in [0, 0.1) is 11.8 Å². The topological polar surface area (TPSA) is 57.6 Å². The summed E-state index contributed by atoms with van der Waals surface area (Å²) in [5.41, 5.74) is 0. The lowest BCUT2D eigenvalue weighted by Gasteiger charge is -2.36. The highest BCUT2D eigenvalue weighted by atomic mass is 19.1. The lowest BCUT2D eigenvalue weighted by molar-refractivity contribution is -0.156. The molecule has 2 atom stereocenters. The van der Waals surface area contributed by atoms with E-state index in [9.17, 15) is 14.0 Å². The Bertz CT molecular complexity index is 349. The van der Waals surface area contributed by atoms with Crippen molar-refractivity contribution >= 4 is 11.9 Å². The van der Waals surface area contributed by atoms with E-state index in [0.717, 1.165) is 0 Å². The van der Waals surface area contributed by atoms with Gasteiger partial charge >= 0.3 is 5.97 Å². The fraction of sp³-hybridized carbons (Fsp3) is 0.636. The van der Waals surface area contributed by atoms with E-state index in [0.29, 0.717) is 25.8 Å². The van der Waals surface area contributed by atoms with E-state index in [1.54, 1.807) is 0 Å². The largest absolute Gasteiger partial charge is 0.481 e. The van der Waals surface area contributed by atoms with Gasteiger partial charge in [-0.2, -0.15) is 0 Å². The number of carbonyl (C=O) groups excluding carboxylic acids is 1. The molecule has 1 saturated carbocycles. The molecule has 0 aromatic carbocycles. The molecule has 2 aliphatic rings. The van der Waals surface area contributed by atoms with E-state index < -0.39 is 17.8 Å². The predicted octanol–water partition coefficient (Wildman–Crippen LogP) is 1.18. The zero-order chi connectivity index (χ0) is 11.7. The summed E-state index contributed by atoms with van der Waals surface area (Å²) < 4.78 is 13.0. The van der Waals surface area contributed by atoms with Crippen LogP contribution in [0.25, 0.3) is 0 Å². The quantitative estimate of drug-likeness (QED) is 0.770. The second-order valence-corrected chi connectivity index (χ2v) is 4.33. The van der Waals surface area contributed by atoms with Crippen LogP contribution in [-0.4, -0.2) is 35.0 Å². The molecule has 4 nitrogen and oxygen atoms in total. The number of halogens is 1. The SMILES string of the molecule is O=C(O)C1CCC1C(=O)N1CCC=C(F)C1. The van der Waals surface area contributed by atoms with Crippen molar-refractivity contribution in [1.29, 1.82) is 0 Å². The van der Waals surface area contributed by atoms with E-state index >= 15 is 0 Å². The minimum Gasteiger partial charge on any atom is -0.481 e. The molecule has 1 heterocycles. The maximum Gasteiger partial charge on any atom is 0.307 e. The number of hydrogen-bond donors (Lipinski definition) is 1. The Labute approximate surface area is 92.7 Å². The first kappa shape index (κ1) is 11.1. The molecular weight excluding hydrogens is 213 g/mol. The molecule has 1 aliphatic heterocycles. The molecule has 0 radical (unpaired) electrons. The summed E-state index contributed by atoms with van der Waals surface area (Å²) in [6.45, 7) is 0.497. The second-order valence-electron chi connectivity index (χ2n) is 4.33. The molecular formula is C11H14FNO3. The Kier molecular flexibility index (Phi) is 2.94. The number of carboxylic acids is 1. The lowest BCUT2D eigenvalue weighted by atomic mass is 9.73. The molecule has 0 aromatic rings. The third-order valence-electron chi connectivity index (χ3n) is 3.33. The second kappa shape index (κ2) is 4.23. The van der Waals surface area contributed by atoms with Crippen molar-refractivity contribution in [2.75, 3.05) is 13.1 Å². The number of carboxylic acid groups (broad SMARTS) is 1. The van der Waals surface area contributed by atoms with Gasteiger partial charge in [-0.15, -0.1) is 0 Å². The van der Waals surface area contributed by atoms with Crippen LogP contribution in [0.3, 0.4) is 0 Å². The van der Waals surface area contributed by atoms with Crippen molar-refractivity contribution in [2.24, 2.45) is 11.8 Å². The van der Waals surface area contributed by atoms with Gasteiger partial charge in [-0.25, -0.2) is 4.39 Å². The van der Waals surface area contributed by atoms with Crippen molar-refractivity contribution in [1.82, 2.24) is 4.90 Å². The Morgan fingerprint density at radius 2 is 2.06 bits per heavy atom. The Morgan fingerprint density at radius 1 is 1.38 bits per heavy atom. The summed E-state index contributed by atoms with van der Waals surface area (Å²) in [5, 5.41) is 8.85. The van der Waals surface area contributed by atoms with Crippen LogP contribution in [0.4, 0.5) is 4.39 Å². The average Bonchev–Trinajstić information content (AvgIpc) is 2.14. The molecule has 1 aliphatic carbocycles. The fourth-order valence-corrected chi connectivity index (χ4v) is 2.22. The standard InChI is InChI=1S/C11H14FNO3/c12-7-2-1-5-13(6-7)10(14)8-3-4-9(8)11(15)16/h2,8-9H,1,3-6H2,(H,15,16). The first-order valence-electron chi connectivity index (χ1n) is 5.45. The molecule has 0 bridgehead atoms. The van der Waals surface area contributed by atoms with Crippen molar-refractivity contribution in [2.45, 2.75) is 19.3 Å². The van der Waals surface area contributed by atoms with E-state index in [1.165, 1.54) is 11.0 Å². The zero-order valence-corrected chi connectivity index (χ0v) is 8.86. The van der Waals surface area contributed by atoms with Gasteiger partial charge in [0.15, 0.2) is 0 Å². The maximum atomic E-state index is 13.0. The maximum absolute atomic E-state index is 13.0. The Balaban J connectivity index is 1.98. The van der Waals surface area contributed by atoms with Gasteiger partial charge in [0, 0.05) is 6.54 Å². The summed E-state index contributed by atoms with van der Waals surface area (Å²) in [7, 11) is 0. The molecule has 0 spiro atoms. The molecule has 2 rings (SSSR count). The van der Waals surface area contributed by atoms with Crippen molar-refractivity contribution in [3.05, 3.63) is 11.9 Å². The average molecular weight is 227 g/mol. The molecule has 0 aromatic heterocycles. The highest BCUT2D eigenvalue weighted by Gasteiger charge is 2.43. The summed E-state index contributed by atoms with van der Waals surface area (Å²) in [6, 6.07) is 0. The van der Waals surface area contributed by atoms with Crippen LogP contribution >= 0.6 is 0 Å². The molecule has 16 heavy (non-hydrogen) atoms. The van der Waals surface area contributed by atoms with Crippen LogP contribution in [0.2, 0.25) is 0 Å². The van der Waals surface area contributed by atoms with Crippen molar-refractivity contribution in [3.63, 3.8) is 0 Å². The zero-order valence-electron chi connectivity index (χ0n) is 8.86. The number of rotatable bonds is 2. The van der Waals surface area contributed by atoms with Crippen LogP contribution in [0.5, 0.6) is 0 Å². The number of aliphatic carboxylic acids is 1. The van der Waals surface area contributed by atoms with Gasteiger partial charge in [-0.1, -0.05) is 0 Å². The molecule has 5 heteroatoms. The van der Waals surface area contributed by atoms with Gasteiger partial charge in [0.1, 0.15) is 5.83 Å². The van der Waals surface area contributed by atoms with E-state index in [-0.39, 0.29) is 18.3 Å². The molecule has 2 unspecified atom stereocenters. The summed E-state index contributed by atoms with van der Waals surface area (Å²) in [4.78, 5) is 24.1. The Hall–Kier alpha value is -1.39. The van der Waals surface area contributed by atoms with E-state index in [4.69, 9.17) is 5.11 Å². The number of carbonyl (C=O) groups is 2. The van der Waals surface area contributed by atoms with Gasteiger partial charge in [-0.3, -0.25) is 9.59 Å². The van der Waals surface area contributed by atoms with Crippen molar-refractivity contribution < 1.29 is 19.1 Å². The lowest BCUT2D eigenvalue weighted by Crippen LogP contribution is -2.47. The first-order valence-corrected chi connectivity index (χ1v) is 5.45. The summed E-state index contributed by atoms with van der Waals surface area (Å²) in [5.74, 6) is -2.44. The third-order valence-corrected chi connectivity index (χ3v) is 3.33. The molecule has 0 saturated heterocycles. The number of hydrogen-bond acceptors (Lipinski definition) is 2. The molecule has 1 fully saturated rings. The fourth-order valence-electron chi connectivity index (χ4n) is 2.22. The smallest absolute Gasteiger partial charge is 0.307 e. The minimum atomic E-state index is -0.919. The predicted molar refractivity (Wildman–Crippen MR) is 54.2 cm³/mol. The number of nitrogens with zero attached hydrogens (tertiary/aromatic N) is 1. The highest BCUT2D eigenvalue weighted by Crippen LogP contribution is 2.36. The van der Waals surface area contributed by atoms with Gasteiger partial charge < -0.3 is 10.0 Å². The summed E-state index contributed by atoms with van der Waals surface area (Å²) >= 11 is 0. The third kappa shape index (κ3) is 1.94.